The maximum atomic E-state index is 12.2. The summed E-state index contributed by atoms with van der Waals surface area (Å²) >= 11 is 0. The molecule has 4 N–H and O–H groups in total. The number of H-pyrrole nitrogens is 1. The summed E-state index contributed by atoms with van der Waals surface area (Å²) in [5.74, 6) is 0.581. The van der Waals surface area contributed by atoms with Gasteiger partial charge in [0.2, 0.25) is 0 Å². The van der Waals surface area contributed by atoms with Crippen molar-refractivity contribution in [2.24, 2.45) is 23.5 Å². The van der Waals surface area contributed by atoms with E-state index in [2.05, 4.69) is 25.9 Å². The van der Waals surface area contributed by atoms with E-state index in [4.69, 9.17) is 11.8 Å². The number of tetrazole rings is 1. The fourth-order valence-corrected chi connectivity index (χ4v) is 3.79. The van der Waals surface area contributed by atoms with Gasteiger partial charge in [0.1, 0.15) is 6.02 Å². The van der Waals surface area contributed by atoms with Crippen molar-refractivity contribution in [2.75, 3.05) is 13.2 Å². The van der Waals surface area contributed by atoms with Gasteiger partial charge in [-0.3, -0.25) is 9.59 Å². The van der Waals surface area contributed by atoms with E-state index in [1.165, 1.54) is 0 Å². The number of hydrogen-bond acceptors (Lipinski definition) is 7. The first-order valence-electron chi connectivity index (χ1n) is 8.89. The number of amides is 1. The quantitative estimate of drug-likeness (QED) is 0.598. The fraction of sp³-hybridized carbons (Fsp3) is 0.800. The highest BCUT2D eigenvalue weighted by Crippen LogP contribution is 2.40. The number of aromatic nitrogens is 4. The van der Waals surface area contributed by atoms with Crippen LogP contribution in [-0.2, 0) is 20.7 Å². The minimum atomic E-state index is -1.49. The monoisotopic (exact) mass is 337 g/mol. The summed E-state index contributed by atoms with van der Waals surface area (Å²) in [5.41, 5.74) is 5.00. The number of nitrogens with zero attached hydrogens (tertiary/aromatic N) is 3. The molecule has 0 unspecified atom stereocenters. The number of fused-ring (bicyclic) bond motifs is 1. The van der Waals surface area contributed by atoms with Gasteiger partial charge in [-0.1, -0.05) is 11.6 Å². The molecule has 1 saturated carbocycles. The van der Waals surface area contributed by atoms with Gasteiger partial charge in [-0.2, -0.15) is 5.21 Å². The smallest absolute Gasteiger partial charge is 0.323 e. The lowest BCUT2D eigenvalue weighted by Gasteiger charge is -2.42. The number of nitrogens with one attached hydrogen (secondary N) is 2. The van der Waals surface area contributed by atoms with Crippen molar-refractivity contribution >= 4 is 11.9 Å². The standard InChI is InChI=1S/C15H24N6O3/c16-13(22)8-24-15(23)12-6-11-5-9(1-3-10(11)7-17-12)2-4-14-18-20-21-19-14/h9-12,17H,1-8H2,(H2,16,22)(H,18,19,20,21)/t9-,10+,11-,12+/m1/s1/i12D. The van der Waals surface area contributed by atoms with Crippen molar-refractivity contribution in [3.05, 3.63) is 5.82 Å². The Kier molecular flexibility index (Phi) is 4.97. The second-order valence-corrected chi connectivity index (χ2v) is 6.67. The second-order valence-electron chi connectivity index (χ2n) is 6.67. The molecule has 1 saturated heterocycles. The van der Waals surface area contributed by atoms with E-state index in [1.54, 1.807) is 0 Å². The maximum Gasteiger partial charge on any atom is 0.323 e. The van der Waals surface area contributed by atoms with Gasteiger partial charge in [0.25, 0.3) is 5.91 Å². The number of primary amides is 1. The van der Waals surface area contributed by atoms with Gasteiger partial charge < -0.3 is 15.8 Å². The largest absolute Gasteiger partial charge is 0.454 e. The SMILES string of the molecule is [2H][C@@]1(C(=O)OCC(N)=O)C[C@H]2C[C@@H](CCc3nn[nH]n3)CC[C@H]2CN1. The van der Waals surface area contributed by atoms with E-state index in [0.717, 1.165) is 37.9 Å². The Labute approximate surface area is 141 Å². The molecular weight excluding hydrogens is 312 g/mol. The van der Waals surface area contributed by atoms with Gasteiger partial charge in [0.05, 0.1) is 1.37 Å². The number of esters is 1. The molecule has 9 nitrogen and oxygen atoms in total. The minimum Gasteiger partial charge on any atom is -0.454 e. The first kappa shape index (κ1) is 15.5. The zero-order valence-electron chi connectivity index (χ0n) is 14.5. The number of carbonyl (C=O) groups excluding carboxylic acids is 2. The van der Waals surface area contributed by atoms with Crippen molar-refractivity contribution in [1.29, 1.82) is 0 Å². The molecule has 1 aliphatic carbocycles. The fourth-order valence-electron chi connectivity index (χ4n) is 3.79. The lowest BCUT2D eigenvalue weighted by molar-refractivity contribution is -0.151. The molecule has 132 valence electrons. The third-order valence-corrected chi connectivity index (χ3v) is 5.05. The Hall–Kier alpha value is -2.03. The van der Waals surface area contributed by atoms with E-state index in [9.17, 15) is 9.59 Å². The Morgan fingerprint density at radius 2 is 2.21 bits per heavy atom. The van der Waals surface area contributed by atoms with E-state index < -0.39 is 24.5 Å². The van der Waals surface area contributed by atoms with Crippen LogP contribution in [0.4, 0.5) is 0 Å². The van der Waals surface area contributed by atoms with Crippen LogP contribution in [0.5, 0.6) is 0 Å². The average Bonchev–Trinajstić information content (AvgIpc) is 3.10. The molecule has 0 bridgehead atoms. The van der Waals surface area contributed by atoms with Crippen molar-refractivity contribution in [3.63, 3.8) is 0 Å². The summed E-state index contributed by atoms with van der Waals surface area (Å²) in [4.78, 5) is 22.9. The van der Waals surface area contributed by atoms with Crippen molar-refractivity contribution in [3.8, 4) is 0 Å². The van der Waals surface area contributed by atoms with Gasteiger partial charge in [0, 0.05) is 6.42 Å². The van der Waals surface area contributed by atoms with Crippen LogP contribution in [0.2, 0.25) is 0 Å². The third kappa shape index (κ3) is 4.28. The summed E-state index contributed by atoms with van der Waals surface area (Å²) in [6.07, 6.45) is 5.36. The predicted molar refractivity (Wildman–Crippen MR) is 83.4 cm³/mol. The van der Waals surface area contributed by atoms with E-state index in [1.807, 2.05) is 0 Å². The molecule has 2 heterocycles. The summed E-state index contributed by atoms with van der Waals surface area (Å²) in [7, 11) is 0. The van der Waals surface area contributed by atoms with Gasteiger partial charge in [-0.05, 0) is 50.0 Å². The highest BCUT2D eigenvalue weighted by molar-refractivity contribution is 5.81. The van der Waals surface area contributed by atoms with Crippen LogP contribution in [0, 0.1) is 17.8 Å². The van der Waals surface area contributed by atoms with Crippen LogP contribution >= 0.6 is 0 Å². The van der Waals surface area contributed by atoms with Gasteiger partial charge in [-0.25, -0.2) is 0 Å². The van der Waals surface area contributed by atoms with Gasteiger partial charge in [0.15, 0.2) is 12.4 Å². The van der Waals surface area contributed by atoms with Crippen LogP contribution in [0.25, 0.3) is 0 Å². The number of aryl methyl sites for hydroxylation is 1. The summed E-state index contributed by atoms with van der Waals surface area (Å²) in [5, 5.41) is 17.0. The Morgan fingerprint density at radius 1 is 1.33 bits per heavy atom. The molecule has 9 heteroatoms. The molecule has 1 aromatic rings. The molecule has 2 aliphatic rings. The van der Waals surface area contributed by atoms with Crippen LogP contribution in [0.3, 0.4) is 0 Å². The Balaban J connectivity index is 1.54. The zero-order valence-corrected chi connectivity index (χ0v) is 13.5. The van der Waals surface area contributed by atoms with Gasteiger partial charge >= 0.3 is 5.97 Å². The number of hydrogen-bond donors (Lipinski definition) is 3. The molecule has 24 heavy (non-hydrogen) atoms. The van der Waals surface area contributed by atoms with E-state index in [0.29, 0.717) is 30.7 Å². The first-order valence-corrected chi connectivity index (χ1v) is 8.39. The molecule has 0 aromatic carbocycles. The molecule has 1 aromatic heterocycles. The lowest BCUT2D eigenvalue weighted by Crippen LogP contribution is -2.50. The molecule has 1 amide bonds. The van der Waals surface area contributed by atoms with Crippen molar-refractivity contribution in [1.82, 2.24) is 25.9 Å². The van der Waals surface area contributed by atoms with E-state index in [-0.39, 0.29) is 0 Å². The van der Waals surface area contributed by atoms with Crippen molar-refractivity contribution in [2.45, 2.75) is 44.5 Å². The highest BCUT2D eigenvalue weighted by atomic mass is 16.5. The second kappa shape index (κ2) is 7.69. The molecule has 2 fully saturated rings. The number of ether oxygens (including phenoxy) is 1. The molecule has 0 radical (unpaired) electrons. The van der Waals surface area contributed by atoms with Crippen LogP contribution in [0.1, 0.15) is 39.3 Å². The number of nitrogens with two attached hydrogens (primary N) is 1. The highest BCUT2D eigenvalue weighted by Gasteiger charge is 2.38. The number of carbonyl (C=O) groups is 2. The van der Waals surface area contributed by atoms with Crippen LogP contribution in [0.15, 0.2) is 0 Å². The lowest BCUT2D eigenvalue weighted by atomic mass is 9.69. The number of rotatable bonds is 6. The number of aromatic amines is 1. The van der Waals surface area contributed by atoms with Crippen molar-refractivity contribution < 1.29 is 15.7 Å². The normalized spacial score (nSPS) is 33.3. The maximum absolute atomic E-state index is 12.2. The first-order chi connectivity index (χ1) is 12.0. The summed E-state index contributed by atoms with van der Waals surface area (Å²) in [6.45, 7) is 0.139. The van der Waals surface area contributed by atoms with Crippen LogP contribution in [-0.4, -0.2) is 51.7 Å². The molecule has 1 aliphatic heterocycles. The van der Waals surface area contributed by atoms with Gasteiger partial charge in [-0.15, -0.1) is 10.2 Å². The number of piperidine rings is 1. The van der Waals surface area contributed by atoms with E-state index >= 15 is 0 Å². The Morgan fingerprint density at radius 3 is 2.96 bits per heavy atom. The zero-order chi connectivity index (χ0) is 17.9. The predicted octanol–water partition coefficient (Wildman–Crippen LogP) is -0.445. The van der Waals surface area contributed by atoms with Crippen LogP contribution < -0.4 is 11.1 Å². The molecule has 3 rings (SSSR count). The Bertz CT molecular complexity index is 612. The third-order valence-electron chi connectivity index (χ3n) is 5.05. The molecule has 0 spiro atoms. The topological polar surface area (TPSA) is 136 Å². The summed E-state index contributed by atoms with van der Waals surface area (Å²) < 4.78 is 13.3. The summed E-state index contributed by atoms with van der Waals surface area (Å²) in [6, 6.07) is -1.49. The average molecular weight is 337 g/mol. The minimum absolute atomic E-state index is 0.295. The molecular formula is C15H24N6O3. The molecule has 4 atom stereocenters.